The first-order valence-corrected chi connectivity index (χ1v) is 7.23. The summed E-state index contributed by atoms with van der Waals surface area (Å²) in [6, 6.07) is 20.1. The van der Waals surface area contributed by atoms with E-state index in [1.165, 1.54) is 6.07 Å². The molecule has 0 aliphatic heterocycles. The molecule has 0 unspecified atom stereocenters. The van der Waals surface area contributed by atoms with Crippen molar-refractivity contribution in [2.45, 2.75) is 6.42 Å². The first-order chi connectivity index (χ1) is 11.1. The number of carbonyl (C=O) groups is 2. The zero-order chi connectivity index (χ0) is 16.2. The first-order valence-electron chi connectivity index (χ1n) is 7.23. The van der Waals surface area contributed by atoms with Gasteiger partial charge in [0.1, 0.15) is 0 Å². The van der Waals surface area contributed by atoms with Crippen LogP contribution in [0.4, 0.5) is 5.69 Å². The molecule has 4 nitrogen and oxygen atoms in total. The van der Waals surface area contributed by atoms with Gasteiger partial charge in [-0.3, -0.25) is 4.79 Å². The van der Waals surface area contributed by atoms with Gasteiger partial charge >= 0.3 is 5.97 Å². The van der Waals surface area contributed by atoms with Crippen molar-refractivity contribution >= 4 is 28.3 Å². The van der Waals surface area contributed by atoms with Gasteiger partial charge in [0.25, 0.3) is 0 Å². The summed E-state index contributed by atoms with van der Waals surface area (Å²) in [5.41, 5.74) is 1.35. The molecular formula is C19H15NO3. The van der Waals surface area contributed by atoms with E-state index in [0.29, 0.717) is 11.3 Å². The number of amides is 1. The second-order valence-corrected chi connectivity index (χ2v) is 5.25. The summed E-state index contributed by atoms with van der Waals surface area (Å²) >= 11 is 0. The minimum Gasteiger partial charge on any atom is -0.478 e. The monoisotopic (exact) mass is 305 g/mol. The Labute approximate surface area is 133 Å². The molecule has 0 aliphatic rings. The van der Waals surface area contributed by atoms with Crippen molar-refractivity contribution in [2.75, 3.05) is 5.32 Å². The average Bonchev–Trinajstić information content (AvgIpc) is 2.55. The molecule has 3 rings (SSSR count). The number of hydrogen-bond acceptors (Lipinski definition) is 2. The molecular weight excluding hydrogens is 290 g/mol. The quantitative estimate of drug-likeness (QED) is 0.772. The lowest BCUT2D eigenvalue weighted by Gasteiger charge is -2.08. The highest BCUT2D eigenvalue weighted by atomic mass is 16.4. The fraction of sp³-hybridized carbons (Fsp3) is 0.0526. The zero-order valence-electron chi connectivity index (χ0n) is 12.3. The molecule has 0 atom stereocenters. The van der Waals surface area contributed by atoms with E-state index in [1.807, 2.05) is 42.5 Å². The zero-order valence-corrected chi connectivity index (χ0v) is 12.3. The molecule has 2 N–H and O–H groups in total. The molecule has 114 valence electrons. The molecule has 0 aliphatic carbocycles. The molecule has 0 radical (unpaired) electrons. The van der Waals surface area contributed by atoms with Crippen molar-refractivity contribution in [2.24, 2.45) is 0 Å². The van der Waals surface area contributed by atoms with E-state index in [1.54, 1.807) is 18.2 Å². The number of carboxylic acids is 1. The van der Waals surface area contributed by atoms with Gasteiger partial charge in [-0.2, -0.15) is 0 Å². The first kappa shape index (κ1) is 14.8. The van der Waals surface area contributed by atoms with Crippen molar-refractivity contribution in [3.05, 3.63) is 77.9 Å². The van der Waals surface area contributed by atoms with E-state index in [4.69, 9.17) is 5.11 Å². The number of carbonyl (C=O) groups excluding carboxylic acids is 1. The molecule has 3 aromatic rings. The Balaban J connectivity index is 1.77. The van der Waals surface area contributed by atoms with Crippen LogP contribution in [0.5, 0.6) is 0 Å². The Hall–Kier alpha value is -3.14. The summed E-state index contributed by atoms with van der Waals surface area (Å²) in [6.07, 6.45) is 0.0231. The molecule has 0 saturated carbocycles. The standard InChI is InChI=1S/C19H15NO3/c21-18(12-15-7-3-4-8-17(15)19(22)23)20-16-10-9-13-5-1-2-6-14(13)11-16/h1-11H,12H2,(H,20,21)(H,22,23). The maximum Gasteiger partial charge on any atom is 0.335 e. The summed E-state index contributed by atoms with van der Waals surface area (Å²) in [7, 11) is 0. The van der Waals surface area contributed by atoms with Gasteiger partial charge in [-0.25, -0.2) is 4.79 Å². The van der Waals surface area contributed by atoms with Crippen molar-refractivity contribution in [1.29, 1.82) is 0 Å². The fourth-order valence-corrected chi connectivity index (χ4v) is 2.53. The number of fused-ring (bicyclic) bond motifs is 1. The summed E-state index contributed by atoms with van der Waals surface area (Å²) < 4.78 is 0. The van der Waals surface area contributed by atoms with E-state index in [2.05, 4.69) is 5.32 Å². The minimum atomic E-state index is -1.03. The highest BCUT2D eigenvalue weighted by Crippen LogP contribution is 2.19. The molecule has 1 amide bonds. The van der Waals surface area contributed by atoms with Crippen LogP contribution in [0.1, 0.15) is 15.9 Å². The van der Waals surface area contributed by atoms with Crippen LogP contribution >= 0.6 is 0 Å². The maximum atomic E-state index is 12.2. The van der Waals surface area contributed by atoms with Crippen LogP contribution in [0.2, 0.25) is 0 Å². The second-order valence-electron chi connectivity index (χ2n) is 5.25. The number of rotatable bonds is 4. The Morgan fingerprint density at radius 2 is 1.57 bits per heavy atom. The van der Waals surface area contributed by atoms with Gasteiger partial charge in [0.2, 0.25) is 5.91 Å². The van der Waals surface area contributed by atoms with Crippen LogP contribution in [0, 0.1) is 0 Å². The summed E-state index contributed by atoms with van der Waals surface area (Å²) in [5, 5.41) is 14.1. The minimum absolute atomic E-state index is 0.0231. The number of anilines is 1. The third-order valence-corrected chi connectivity index (χ3v) is 3.63. The van der Waals surface area contributed by atoms with Gasteiger partial charge in [-0.1, -0.05) is 48.5 Å². The SMILES string of the molecule is O=C(Cc1ccccc1C(=O)O)Nc1ccc2ccccc2c1. The molecule has 0 aromatic heterocycles. The van der Waals surface area contributed by atoms with Gasteiger partial charge in [0.05, 0.1) is 12.0 Å². The van der Waals surface area contributed by atoms with Crippen LogP contribution in [0.15, 0.2) is 66.7 Å². The molecule has 0 heterocycles. The highest BCUT2D eigenvalue weighted by Gasteiger charge is 2.12. The lowest BCUT2D eigenvalue weighted by molar-refractivity contribution is -0.115. The molecule has 3 aromatic carbocycles. The summed E-state index contributed by atoms with van der Waals surface area (Å²) in [5.74, 6) is -1.27. The van der Waals surface area contributed by atoms with Crippen molar-refractivity contribution < 1.29 is 14.7 Å². The number of nitrogens with one attached hydrogen (secondary N) is 1. The largest absolute Gasteiger partial charge is 0.478 e. The molecule has 4 heteroatoms. The number of carboxylic acid groups (broad SMARTS) is 1. The molecule has 0 spiro atoms. The maximum absolute atomic E-state index is 12.2. The lowest BCUT2D eigenvalue weighted by Crippen LogP contribution is -2.16. The predicted octanol–water partition coefficient (Wildman–Crippen LogP) is 3.72. The normalized spacial score (nSPS) is 10.4. The lowest BCUT2D eigenvalue weighted by atomic mass is 10.0. The average molecular weight is 305 g/mol. The van der Waals surface area contributed by atoms with Crippen LogP contribution in [-0.4, -0.2) is 17.0 Å². The third kappa shape index (κ3) is 3.37. The Bertz CT molecular complexity index is 886. The van der Waals surface area contributed by atoms with Gasteiger partial charge in [-0.15, -0.1) is 0 Å². The number of hydrogen-bond donors (Lipinski definition) is 2. The molecule has 23 heavy (non-hydrogen) atoms. The highest BCUT2D eigenvalue weighted by molar-refractivity contribution is 5.97. The topological polar surface area (TPSA) is 66.4 Å². The van der Waals surface area contributed by atoms with Crippen LogP contribution in [0.3, 0.4) is 0 Å². The fourth-order valence-electron chi connectivity index (χ4n) is 2.53. The second kappa shape index (κ2) is 6.32. The molecule has 0 bridgehead atoms. The van der Waals surface area contributed by atoms with Gasteiger partial charge in [-0.05, 0) is 34.5 Å². The van der Waals surface area contributed by atoms with E-state index < -0.39 is 5.97 Å². The summed E-state index contributed by atoms with van der Waals surface area (Å²) in [6.45, 7) is 0. The Morgan fingerprint density at radius 3 is 2.35 bits per heavy atom. The van der Waals surface area contributed by atoms with Crippen LogP contribution < -0.4 is 5.32 Å². The van der Waals surface area contributed by atoms with Gasteiger partial charge in [0, 0.05) is 5.69 Å². The number of aromatic carboxylic acids is 1. The van der Waals surface area contributed by atoms with Gasteiger partial charge in [0.15, 0.2) is 0 Å². The van der Waals surface area contributed by atoms with E-state index in [0.717, 1.165) is 10.8 Å². The molecule has 0 saturated heterocycles. The van der Waals surface area contributed by atoms with Crippen molar-refractivity contribution in [1.82, 2.24) is 0 Å². The van der Waals surface area contributed by atoms with Crippen LogP contribution in [-0.2, 0) is 11.2 Å². The van der Waals surface area contributed by atoms with E-state index in [9.17, 15) is 9.59 Å². The predicted molar refractivity (Wildman–Crippen MR) is 89.7 cm³/mol. The van der Waals surface area contributed by atoms with E-state index in [-0.39, 0.29) is 17.9 Å². The van der Waals surface area contributed by atoms with Gasteiger partial charge < -0.3 is 10.4 Å². The van der Waals surface area contributed by atoms with Crippen LogP contribution in [0.25, 0.3) is 10.8 Å². The Kier molecular flexibility index (Phi) is 4.06. The van der Waals surface area contributed by atoms with E-state index >= 15 is 0 Å². The Morgan fingerprint density at radius 1 is 0.870 bits per heavy atom. The van der Waals surface area contributed by atoms with Crippen molar-refractivity contribution in [3.8, 4) is 0 Å². The number of benzene rings is 3. The smallest absolute Gasteiger partial charge is 0.335 e. The van der Waals surface area contributed by atoms with Crippen molar-refractivity contribution in [3.63, 3.8) is 0 Å². The third-order valence-electron chi connectivity index (χ3n) is 3.63. The summed E-state index contributed by atoms with van der Waals surface area (Å²) in [4.78, 5) is 23.4. The molecule has 0 fully saturated rings.